The highest BCUT2D eigenvalue weighted by Crippen LogP contribution is 2.39. The molecule has 1 unspecified atom stereocenters. The average molecular weight is 328 g/mol. The van der Waals surface area contributed by atoms with Gasteiger partial charge in [0.2, 0.25) is 0 Å². The summed E-state index contributed by atoms with van der Waals surface area (Å²) in [5, 5.41) is 10.9. The number of benzene rings is 1. The highest BCUT2D eigenvalue weighted by molar-refractivity contribution is 5.80. The van der Waals surface area contributed by atoms with E-state index in [0.717, 1.165) is 36.8 Å². The average Bonchev–Trinajstić information content (AvgIpc) is 3.06. The van der Waals surface area contributed by atoms with Crippen LogP contribution in [-0.4, -0.2) is 39.9 Å². The lowest BCUT2D eigenvalue weighted by Gasteiger charge is -2.38. The molecule has 1 aromatic heterocycles. The predicted octanol–water partition coefficient (Wildman–Crippen LogP) is 1.75. The van der Waals surface area contributed by atoms with Crippen molar-refractivity contribution in [2.45, 2.75) is 38.5 Å². The lowest BCUT2D eigenvalue weighted by atomic mass is 9.90. The smallest absolute Gasteiger partial charge is 0.191 e. The Kier molecular flexibility index (Phi) is 4.69. The highest BCUT2D eigenvalue weighted by Gasteiger charge is 2.33. The van der Waals surface area contributed by atoms with Crippen LogP contribution < -0.4 is 15.4 Å². The van der Waals surface area contributed by atoms with Gasteiger partial charge in [-0.3, -0.25) is 9.67 Å². The minimum Gasteiger partial charge on any atom is -0.487 e. The maximum Gasteiger partial charge on any atom is 0.191 e. The number of ether oxygens (including phenoxy) is 1. The number of hydrogen-bond donors (Lipinski definition) is 2. The quantitative estimate of drug-likeness (QED) is 0.660. The SMILES string of the molecule is CN=C(NCCn1cncn1)NC1CC(C)(C)Oc2ccccc21. The molecule has 1 aliphatic heterocycles. The van der Waals surface area contributed by atoms with Crippen LogP contribution in [-0.2, 0) is 6.54 Å². The Morgan fingerprint density at radius 1 is 1.42 bits per heavy atom. The molecule has 1 aliphatic rings. The summed E-state index contributed by atoms with van der Waals surface area (Å²) < 4.78 is 7.86. The Labute approximate surface area is 142 Å². The van der Waals surface area contributed by atoms with Crippen molar-refractivity contribution in [3.05, 3.63) is 42.5 Å². The molecule has 0 saturated heterocycles. The van der Waals surface area contributed by atoms with Crippen LogP contribution in [0.4, 0.5) is 0 Å². The van der Waals surface area contributed by atoms with Crippen LogP contribution in [0.25, 0.3) is 0 Å². The van der Waals surface area contributed by atoms with Crippen LogP contribution in [0.1, 0.15) is 31.9 Å². The Balaban J connectivity index is 1.64. The molecule has 1 aromatic carbocycles. The van der Waals surface area contributed by atoms with E-state index < -0.39 is 0 Å². The van der Waals surface area contributed by atoms with Crippen molar-refractivity contribution >= 4 is 5.96 Å². The van der Waals surface area contributed by atoms with E-state index in [2.05, 4.69) is 45.6 Å². The van der Waals surface area contributed by atoms with Crippen LogP contribution in [0.15, 0.2) is 41.9 Å². The van der Waals surface area contributed by atoms with Gasteiger partial charge in [-0.1, -0.05) is 18.2 Å². The lowest BCUT2D eigenvalue weighted by Crippen LogP contribution is -2.45. The van der Waals surface area contributed by atoms with Gasteiger partial charge >= 0.3 is 0 Å². The topological polar surface area (TPSA) is 76.4 Å². The highest BCUT2D eigenvalue weighted by atomic mass is 16.5. The first-order valence-corrected chi connectivity index (χ1v) is 8.15. The number of fused-ring (bicyclic) bond motifs is 1. The van der Waals surface area contributed by atoms with E-state index in [1.807, 2.05) is 18.2 Å². The zero-order chi connectivity index (χ0) is 17.0. The molecule has 7 nitrogen and oxygen atoms in total. The molecular formula is C17H24N6O. The molecule has 2 N–H and O–H groups in total. The van der Waals surface area contributed by atoms with Crippen LogP contribution in [0, 0.1) is 0 Å². The van der Waals surface area contributed by atoms with E-state index in [1.54, 1.807) is 18.1 Å². The summed E-state index contributed by atoms with van der Waals surface area (Å²) in [5.41, 5.74) is 0.946. The van der Waals surface area contributed by atoms with Gasteiger partial charge in [-0.2, -0.15) is 5.10 Å². The maximum absolute atomic E-state index is 6.08. The minimum absolute atomic E-state index is 0.155. The monoisotopic (exact) mass is 328 g/mol. The van der Waals surface area contributed by atoms with Gasteiger partial charge in [0.25, 0.3) is 0 Å². The van der Waals surface area contributed by atoms with Crippen molar-refractivity contribution in [2.24, 2.45) is 4.99 Å². The van der Waals surface area contributed by atoms with Crippen LogP contribution >= 0.6 is 0 Å². The second-order valence-corrected chi connectivity index (χ2v) is 6.46. The molecular weight excluding hydrogens is 304 g/mol. The molecule has 1 atom stereocenters. The van der Waals surface area contributed by atoms with E-state index in [4.69, 9.17) is 4.74 Å². The van der Waals surface area contributed by atoms with Crippen molar-refractivity contribution in [1.29, 1.82) is 0 Å². The van der Waals surface area contributed by atoms with Gasteiger partial charge in [-0.05, 0) is 19.9 Å². The first-order chi connectivity index (χ1) is 11.6. The molecule has 0 bridgehead atoms. The van der Waals surface area contributed by atoms with Crippen molar-refractivity contribution in [1.82, 2.24) is 25.4 Å². The van der Waals surface area contributed by atoms with Crippen LogP contribution in [0.3, 0.4) is 0 Å². The van der Waals surface area contributed by atoms with Crippen molar-refractivity contribution < 1.29 is 4.74 Å². The van der Waals surface area contributed by atoms with Gasteiger partial charge in [0.1, 0.15) is 24.0 Å². The van der Waals surface area contributed by atoms with Crippen molar-refractivity contribution in [2.75, 3.05) is 13.6 Å². The summed E-state index contributed by atoms with van der Waals surface area (Å²) in [4.78, 5) is 8.27. The number of aliphatic imine (C=N–C) groups is 1. The van der Waals surface area contributed by atoms with Gasteiger partial charge in [0.15, 0.2) is 5.96 Å². The third kappa shape index (κ3) is 3.84. The summed E-state index contributed by atoms with van der Waals surface area (Å²) in [7, 11) is 1.78. The number of para-hydroxylation sites is 1. The van der Waals surface area contributed by atoms with Crippen molar-refractivity contribution in [3.8, 4) is 5.75 Å². The van der Waals surface area contributed by atoms with Gasteiger partial charge in [-0.15, -0.1) is 0 Å². The fourth-order valence-corrected chi connectivity index (χ4v) is 2.93. The molecule has 0 aliphatic carbocycles. The Morgan fingerprint density at radius 3 is 3.00 bits per heavy atom. The Morgan fingerprint density at radius 2 is 2.25 bits per heavy atom. The summed E-state index contributed by atoms with van der Waals surface area (Å²) in [6.45, 7) is 5.67. The van der Waals surface area contributed by atoms with Gasteiger partial charge in [0, 0.05) is 25.6 Å². The van der Waals surface area contributed by atoms with E-state index in [0.29, 0.717) is 0 Å². The number of aromatic nitrogens is 3. The maximum atomic E-state index is 6.08. The van der Waals surface area contributed by atoms with E-state index >= 15 is 0 Å². The lowest BCUT2D eigenvalue weighted by molar-refractivity contribution is 0.0694. The molecule has 128 valence electrons. The van der Waals surface area contributed by atoms with Gasteiger partial charge < -0.3 is 15.4 Å². The first kappa shape index (κ1) is 16.3. The molecule has 0 amide bonds. The molecule has 24 heavy (non-hydrogen) atoms. The Hall–Kier alpha value is -2.57. The second kappa shape index (κ2) is 6.90. The normalized spacial score (nSPS) is 19.3. The second-order valence-electron chi connectivity index (χ2n) is 6.46. The Bertz CT molecular complexity index is 695. The zero-order valence-corrected chi connectivity index (χ0v) is 14.4. The molecule has 2 heterocycles. The van der Waals surface area contributed by atoms with Crippen LogP contribution in [0.5, 0.6) is 5.75 Å². The van der Waals surface area contributed by atoms with E-state index in [1.165, 1.54) is 6.33 Å². The number of guanidine groups is 1. The fraction of sp³-hybridized carbons (Fsp3) is 0.471. The number of nitrogens with one attached hydrogen (secondary N) is 2. The predicted molar refractivity (Wildman–Crippen MR) is 93.0 cm³/mol. The molecule has 0 spiro atoms. The standard InChI is InChI=1S/C17H24N6O/c1-17(2)10-14(13-6-4-5-7-15(13)24-17)22-16(18-3)20-8-9-23-12-19-11-21-23/h4-7,11-12,14H,8-10H2,1-3H3,(H2,18,20,22). The number of nitrogens with zero attached hydrogens (tertiary/aromatic N) is 4. The molecule has 0 saturated carbocycles. The third-order valence-electron chi connectivity index (χ3n) is 4.01. The van der Waals surface area contributed by atoms with Gasteiger partial charge in [0.05, 0.1) is 12.6 Å². The van der Waals surface area contributed by atoms with Crippen molar-refractivity contribution in [3.63, 3.8) is 0 Å². The van der Waals surface area contributed by atoms with E-state index in [-0.39, 0.29) is 11.6 Å². The summed E-state index contributed by atoms with van der Waals surface area (Å²) in [5.74, 6) is 1.71. The fourth-order valence-electron chi connectivity index (χ4n) is 2.93. The number of hydrogen-bond acceptors (Lipinski definition) is 4. The zero-order valence-electron chi connectivity index (χ0n) is 14.4. The molecule has 2 aromatic rings. The summed E-state index contributed by atoms with van der Waals surface area (Å²) >= 11 is 0. The third-order valence-corrected chi connectivity index (χ3v) is 4.01. The summed E-state index contributed by atoms with van der Waals surface area (Å²) in [6, 6.07) is 8.32. The molecule has 0 radical (unpaired) electrons. The van der Waals surface area contributed by atoms with E-state index in [9.17, 15) is 0 Å². The first-order valence-electron chi connectivity index (χ1n) is 8.15. The van der Waals surface area contributed by atoms with Gasteiger partial charge in [-0.25, -0.2) is 4.98 Å². The molecule has 3 rings (SSSR count). The molecule has 0 fully saturated rings. The summed E-state index contributed by atoms with van der Waals surface area (Å²) in [6.07, 6.45) is 4.11. The number of rotatable bonds is 4. The molecule has 7 heteroatoms. The largest absolute Gasteiger partial charge is 0.487 e. The van der Waals surface area contributed by atoms with Crippen LogP contribution in [0.2, 0.25) is 0 Å². The minimum atomic E-state index is -0.217.